The topological polar surface area (TPSA) is 81.9 Å². The molecule has 0 saturated heterocycles. The van der Waals surface area contributed by atoms with E-state index in [1.54, 1.807) is 43.0 Å². The number of rotatable bonds is 4. The number of tetrazole rings is 1. The van der Waals surface area contributed by atoms with Crippen LogP contribution in [0.5, 0.6) is 5.75 Å². The van der Waals surface area contributed by atoms with Gasteiger partial charge in [0.1, 0.15) is 11.4 Å². The van der Waals surface area contributed by atoms with E-state index in [1.165, 1.54) is 0 Å². The first kappa shape index (κ1) is 15.7. The van der Waals surface area contributed by atoms with Crippen LogP contribution in [0.3, 0.4) is 0 Å². The molecule has 1 aromatic heterocycles. The zero-order valence-electron chi connectivity index (χ0n) is 13.6. The molecule has 0 aliphatic rings. The average molecular weight is 323 g/mol. The number of methoxy groups -OCH3 is 1. The highest BCUT2D eigenvalue weighted by molar-refractivity contribution is 6.04. The second kappa shape index (κ2) is 6.49. The fourth-order valence-corrected chi connectivity index (χ4v) is 2.38. The Labute approximate surface area is 139 Å². The lowest BCUT2D eigenvalue weighted by atomic mass is 10.1. The quantitative estimate of drug-likeness (QED) is 0.798. The number of anilines is 1. The molecule has 0 radical (unpaired) electrons. The minimum Gasteiger partial charge on any atom is -0.494 e. The Balaban J connectivity index is 1.92. The molecule has 3 aromatic rings. The molecule has 1 amide bonds. The Kier molecular flexibility index (Phi) is 4.24. The van der Waals surface area contributed by atoms with Gasteiger partial charge in [-0.3, -0.25) is 4.79 Å². The van der Waals surface area contributed by atoms with Gasteiger partial charge in [-0.15, -0.1) is 5.10 Å². The number of carbonyl (C=O) groups excluding carboxylic acids is 1. The largest absolute Gasteiger partial charge is 0.494 e. The van der Waals surface area contributed by atoms with Crippen LogP contribution in [-0.2, 0) is 0 Å². The van der Waals surface area contributed by atoms with Crippen LogP contribution >= 0.6 is 0 Å². The summed E-state index contributed by atoms with van der Waals surface area (Å²) in [5, 5.41) is 14.3. The Morgan fingerprint density at radius 2 is 2.00 bits per heavy atom. The number of ether oxygens (including phenoxy) is 1. The van der Waals surface area contributed by atoms with Crippen molar-refractivity contribution in [2.24, 2.45) is 0 Å². The molecule has 1 N–H and O–H groups in total. The molecule has 122 valence electrons. The molecule has 7 nitrogen and oxygen atoms in total. The van der Waals surface area contributed by atoms with Crippen LogP contribution in [0.2, 0.25) is 0 Å². The lowest BCUT2D eigenvalue weighted by Gasteiger charge is -2.12. The summed E-state index contributed by atoms with van der Waals surface area (Å²) in [6.45, 7) is 3.74. The van der Waals surface area contributed by atoms with Gasteiger partial charge >= 0.3 is 0 Å². The summed E-state index contributed by atoms with van der Waals surface area (Å²) >= 11 is 0. The van der Waals surface area contributed by atoms with Gasteiger partial charge in [0.25, 0.3) is 5.91 Å². The molecule has 7 heteroatoms. The van der Waals surface area contributed by atoms with Crippen molar-refractivity contribution >= 4 is 11.6 Å². The molecule has 0 fully saturated rings. The molecule has 0 bridgehead atoms. The molecule has 0 unspecified atom stereocenters. The zero-order valence-corrected chi connectivity index (χ0v) is 13.6. The van der Waals surface area contributed by atoms with E-state index in [2.05, 4.69) is 20.8 Å². The molecule has 0 aliphatic heterocycles. The third-order valence-electron chi connectivity index (χ3n) is 3.57. The van der Waals surface area contributed by atoms with E-state index < -0.39 is 0 Å². The normalized spacial score (nSPS) is 10.5. The first-order valence-electron chi connectivity index (χ1n) is 7.40. The monoisotopic (exact) mass is 323 g/mol. The third-order valence-corrected chi connectivity index (χ3v) is 3.57. The van der Waals surface area contributed by atoms with E-state index in [0.29, 0.717) is 28.5 Å². The second-order valence-corrected chi connectivity index (χ2v) is 5.35. The van der Waals surface area contributed by atoms with E-state index in [-0.39, 0.29) is 5.91 Å². The van der Waals surface area contributed by atoms with Gasteiger partial charge in [-0.1, -0.05) is 17.7 Å². The number of carbonyl (C=O) groups is 1. The number of amides is 1. The Morgan fingerprint density at radius 3 is 2.67 bits per heavy atom. The molecule has 0 aliphatic carbocycles. The van der Waals surface area contributed by atoms with Crippen LogP contribution in [-0.4, -0.2) is 33.2 Å². The average Bonchev–Trinajstić information content (AvgIpc) is 3.00. The van der Waals surface area contributed by atoms with Crippen molar-refractivity contribution in [2.45, 2.75) is 13.8 Å². The molecule has 0 saturated carbocycles. The molecule has 3 rings (SSSR count). The standard InChI is InChI=1S/C17H17N5O2/c1-11-5-4-6-13(9-11)17(23)18-14-7-8-16(24-3)15(10-14)22-12(2)19-20-21-22/h4-10H,1-3H3,(H,18,23). The maximum absolute atomic E-state index is 12.4. The van der Waals surface area contributed by atoms with Crippen LogP contribution in [0.4, 0.5) is 5.69 Å². The number of hydrogen-bond donors (Lipinski definition) is 1. The lowest BCUT2D eigenvalue weighted by molar-refractivity contribution is 0.102. The third kappa shape index (κ3) is 3.10. The van der Waals surface area contributed by atoms with Crippen LogP contribution in [0.15, 0.2) is 42.5 Å². The van der Waals surface area contributed by atoms with Gasteiger partial charge in [-0.05, 0) is 54.6 Å². The van der Waals surface area contributed by atoms with Crippen molar-refractivity contribution in [2.75, 3.05) is 12.4 Å². The molecular formula is C17H17N5O2. The number of benzene rings is 2. The summed E-state index contributed by atoms with van der Waals surface area (Å²) < 4.78 is 6.91. The van der Waals surface area contributed by atoms with Gasteiger partial charge in [0.2, 0.25) is 0 Å². The SMILES string of the molecule is COc1ccc(NC(=O)c2cccc(C)c2)cc1-n1nnnc1C. The summed E-state index contributed by atoms with van der Waals surface area (Å²) in [6, 6.07) is 12.7. The Bertz CT molecular complexity index is 888. The highest BCUT2D eigenvalue weighted by atomic mass is 16.5. The molecule has 1 heterocycles. The van der Waals surface area contributed by atoms with Gasteiger partial charge in [-0.25, -0.2) is 0 Å². The van der Waals surface area contributed by atoms with Crippen LogP contribution in [0.25, 0.3) is 5.69 Å². The van der Waals surface area contributed by atoms with Gasteiger partial charge in [0.15, 0.2) is 5.82 Å². The van der Waals surface area contributed by atoms with Crippen LogP contribution in [0, 0.1) is 13.8 Å². The fourth-order valence-electron chi connectivity index (χ4n) is 2.38. The maximum atomic E-state index is 12.4. The molecule has 24 heavy (non-hydrogen) atoms. The fraction of sp³-hybridized carbons (Fsp3) is 0.176. The summed E-state index contributed by atoms with van der Waals surface area (Å²) in [6.07, 6.45) is 0. The second-order valence-electron chi connectivity index (χ2n) is 5.35. The minimum atomic E-state index is -0.178. The highest BCUT2D eigenvalue weighted by Crippen LogP contribution is 2.26. The van der Waals surface area contributed by atoms with Crippen LogP contribution in [0.1, 0.15) is 21.7 Å². The van der Waals surface area contributed by atoms with Crippen molar-refractivity contribution < 1.29 is 9.53 Å². The zero-order chi connectivity index (χ0) is 17.1. The van der Waals surface area contributed by atoms with E-state index in [1.807, 2.05) is 25.1 Å². The van der Waals surface area contributed by atoms with E-state index >= 15 is 0 Å². The van der Waals surface area contributed by atoms with Crippen LogP contribution < -0.4 is 10.1 Å². The van der Waals surface area contributed by atoms with Gasteiger partial charge in [0, 0.05) is 11.3 Å². The van der Waals surface area contributed by atoms with E-state index in [4.69, 9.17) is 4.74 Å². The summed E-state index contributed by atoms with van der Waals surface area (Å²) in [7, 11) is 1.57. The van der Waals surface area contributed by atoms with Gasteiger partial charge < -0.3 is 10.1 Å². The predicted molar refractivity (Wildman–Crippen MR) is 89.6 cm³/mol. The first-order chi connectivity index (χ1) is 11.6. The maximum Gasteiger partial charge on any atom is 0.255 e. The van der Waals surface area contributed by atoms with Gasteiger partial charge in [-0.2, -0.15) is 4.68 Å². The Hall–Kier alpha value is -3.22. The van der Waals surface area contributed by atoms with Crippen molar-refractivity contribution in [3.63, 3.8) is 0 Å². The highest BCUT2D eigenvalue weighted by Gasteiger charge is 2.13. The van der Waals surface area contributed by atoms with Crippen molar-refractivity contribution in [3.05, 3.63) is 59.4 Å². The number of aryl methyl sites for hydroxylation is 2. The number of nitrogens with zero attached hydrogens (tertiary/aromatic N) is 4. The minimum absolute atomic E-state index is 0.178. The summed E-state index contributed by atoms with van der Waals surface area (Å²) in [4.78, 5) is 12.4. The van der Waals surface area contributed by atoms with E-state index in [0.717, 1.165) is 5.56 Å². The summed E-state index contributed by atoms with van der Waals surface area (Å²) in [5.74, 6) is 1.05. The predicted octanol–water partition coefficient (Wildman–Crippen LogP) is 2.54. The Morgan fingerprint density at radius 1 is 1.17 bits per heavy atom. The lowest BCUT2D eigenvalue weighted by Crippen LogP contribution is -2.12. The molecule has 0 spiro atoms. The van der Waals surface area contributed by atoms with Crippen molar-refractivity contribution in [1.29, 1.82) is 0 Å². The summed E-state index contributed by atoms with van der Waals surface area (Å²) in [5.41, 5.74) is 2.92. The van der Waals surface area contributed by atoms with Crippen molar-refractivity contribution in [1.82, 2.24) is 20.2 Å². The number of hydrogen-bond acceptors (Lipinski definition) is 5. The van der Waals surface area contributed by atoms with Crippen molar-refractivity contribution in [3.8, 4) is 11.4 Å². The molecule has 0 atom stereocenters. The molecule has 2 aromatic carbocycles. The number of aromatic nitrogens is 4. The molecular weight excluding hydrogens is 306 g/mol. The van der Waals surface area contributed by atoms with E-state index in [9.17, 15) is 4.79 Å². The smallest absolute Gasteiger partial charge is 0.255 e. The number of nitrogens with one attached hydrogen (secondary N) is 1. The first-order valence-corrected chi connectivity index (χ1v) is 7.40. The van der Waals surface area contributed by atoms with Gasteiger partial charge in [0.05, 0.1) is 7.11 Å².